The highest BCUT2D eigenvalue weighted by Crippen LogP contribution is 2.43. The summed E-state index contributed by atoms with van der Waals surface area (Å²) in [7, 11) is 0. The molecule has 2 heterocycles. The molecule has 0 saturated heterocycles. The fourth-order valence-corrected chi connectivity index (χ4v) is 11.3. The van der Waals surface area contributed by atoms with E-state index in [4.69, 9.17) is 0 Å². The Kier molecular flexibility index (Phi) is 11.6. The van der Waals surface area contributed by atoms with Crippen molar-refractivity contribution in [2.75, 3.05) is 0 Å². The molecule has 0 aliphatic heterocycles. The van der Waals surface area contributed by atoms with Crippen molar-refractivity contribution in [1.29, 1.82) is 0 Å². The van der Waals surface area contributed by atoms with Gasteiger partial charge in [-0.15, -0.1) is 0 Å². The number of hydrogen-bond acceptors (Lipinski definition) is 0. The van der Waals surface area contributed by atoms with Crippen molar-refractivity contribution in [3.63, 3.8) is 0 Å². The Hall–Kier alpha value is -9.76. The summed E-state index contributed by atoms with van der Waals surface area (Å²) in [6.45, 7) is 6.03. The molecule has 75 heavy (non-hydrogen) atoms. The summed E-state index contributed by atoms with van der Waals surface area (Å²) >= 11 is 0. The van der Waals surface area contributed by atoms with E-state index in [1.165, 1.54) is 122 Å². The van der Waals surface area contributed by atoms with Gasteiger partial charge in [-0.05, 0) is 134 Å². The molecule has 11 aromatic carbocycles. The van der Waals surface area contributed by atoms with E-state index < -0.39 is 0 Å². The molecule has 0 unspecified atom stereocenters. The Morgan fingerprint density at radius 1 is 0.307 bits per heavy atom. The smallest absolute Gasteiger partial charge is 0.0541 e. The summed E-state index contributed by atoms with van der Waals surface area (Å²) in [6.07, 6.45) is 7.99. The number of rotatable bonds is 11. The quantitative estimate of drug-likeness (QED) is 0.114. The highest BCUT2D eigenvalue weighted by atomic mass is 15.0. The molecule has 13 rings (SSSR count). The molecular weight excluding hydrogens is 905 g/mol. The predicted octanol–water partition coefficient (Wildman–Crippen LogP) is 20.0. The highest BCUT2D eigenvalue weighted by molar-refractivity contribution is 6.13. The second-order valence-electron chi connectivity index (χ2n) is 19.3. The standard InChI is InChI=1S/C73H52N2/c1-3-4-6-21-50(2)60-28-11-15-34-68(60)74-70-36-17-13-32-64(70)66-48-58(42-44-72(66)74)59-43-45-73-67(49-59)65-33-14-18-37-71(65)75(73)69-35-16-12-31-63(69)62-30-10-9-29-61(62)53-40-38-52(39-41-53)55-25-20-27-57(47-55)56-26-19-24-54(46-56)51-22-7-5-8-23-51/h3-49H,1H2,2H3/b6-4-,50-21+. The van der Waals surface area contributed by atoms with Gasteiger partial charge < -0.3 is 9.13 Å². The second-order valence-corrected chi connectivity index (χ2v) is 19.3. The molecule has 0 saturated carbocycles. The van der Waals surface area contributed by atoms with Gasteiger partial charge in [0, 0.05) is 32.7 Å². The predicted molar refractivity (Wildman–Crippen MR) is 321 cm³/mol. The molecule has 0 spiro atoms. The molecule has 0 atom stereocenters. The van der Waals surface area contributed by atoms with E-state index >= 15 is 0 Å². The van der Waals surface area contributed by atoms with Crippen LogP contribution in [0.3, 0.4) is 0 Å². The van der Waals surface area contributed by atoms with Gasteiger partial charge in [-0.1, -0.05) is 231 Å². The molecule has 0 fully saturated rings. The number of fused-ring (bicyclic) bond motifs is 6. The van der Waals surface area contributed by atoms with Gasteiger partial charge in [-0.2, -0.15) is 0 Å². The zero-order chi connectivity index (χ0) is 50.2. The molecule has 0 radical (unpaired) electrons. The summed E-state index contributed by atoms with van der Waals surface area (Å²) in [5.41, 5.74) is 23.7. The molecule has 13 aromatic rings. The van der Waals surface area contributed by atoms with Crippen LogP contribution in [-0.4, -0.2) is 9.13 Å². The first kappa shape index (κ1) is 45.1. The first-order valence-corrected chi connectivity index (χ1v) is 25.8. The molecule has 2 nitrogen and oxygen atoms in total. The van der Waals surface area contributed by atoms with Crippen molar-refractivity contribution in [2.24, 2.45) is 0 Å². The van der Waals surface area contributed by atoms with Gasteiger partial charge in [0.1, 0.15) is 0 Å². The van der Waals surface area contributed by atoms with Gasteiger partial charge in [0.05, 0.1) is 33.4 Å². The van der Waals surface area contributed by atoms with Gasteiger partial charge in [0.2, 0.25) is 0 Å². The van der Waals surface area contributed by atoms with E-state index in [-0.39, 0.29) is 0 Å². The molecule has 0 bridgehead atoms. The molecule has 0 aliphatic rings. The van der Waals surface area contributed by atoms with Gasteiger partial charge in [0.25, 0.3) is 0 Å². The maximum Gasteiger partial charge on any atom is 0.0541 e. The Morgan fingerprint density at radius 2 is 0.720 bits per heavy atom. The average molecular weight is 957 g/mol. The van der Waals surface area contributed by atoms with Crippen molar-refractivity contribution < 1.29 is 0 Å². The first-order chi connectivity index (χ1) is 37.1. The van der Waals surface area contributed by atoms with E-state index in [2.05, 4.69) is 296 Å². The molecule has 2 heteroatoms. The lowest BCUT2D eigenvalue weighted by atomic mass is 9.92. The number of para-hydroxylation sites is 4. The summed E-state index contributed by atoms with van der Waals surface area (Å²) in [5, 5.41) is 4.90. The van der Waals surface area contributed by atoms with Crippen LogP contribution < -0.4 is 0 Å². The third-order valence-corrected chi connectivity index (χ3v) is 14.9. The van der Waals surface area contributed by atoms with Crippen LogP contribution in [0.1, 0.15) is 12.5 Å². The van der Waals surface area contributed by atoms with Crippen molar-refractivity contribution in [2.45, 2.75) is 6.92 Å². The third kappa shape index (κ3) is 8.20. The Balaban J connectivity index is 0.863. The van der Waals surface area contributed by atoms with Gasteiger partial charge >= 0.3 is 0 Å². The van der Waals surface area contributed by atoms with Crippen molar-refractivity contribution in [3.05, 3.63) is 297 Å². The van der Waals surface area contributed by atoms with Crippen molar-refractivity contribution in [1.82, 2.24) is 9.13 Å². The van der Waals surface area contributed by atoms with Crippen LogP contribution in [-0.2, 0) is 0 Å². The summed E-state index contributed by atoms with van der Waals surface area (Å²) in [4.78, 5) is 0. The monoisotopic (exact) mass is 956 g/mol. The SMILES string of the molecule is C=C/C=C\C=C(/C)c1ccccc1-n1c2ccccc2c2cc(-c3ccc4c(c3)c3ccccc3n4-c3ccccc3-c3ccccc3-c3ccc(-c4cccc(-c5cccc(-c6ccccc6)c5)c4)cc3)ccc21. The number of allylic oxidation sites excluding steroid dienone is 5. The largest absolute Gasteiger partial charge is 0.309 e. The van der Waals surface area contributed by atoms with E-state index in [1.807, 2.05) is 12.2 Å². The number of nitrogens with zero attached hydrogens (tertiary/aromatic N) is 2. The summed E-state index contributed by atoms with van der Waals surface area (Å²) < 4.78 is 4.89. The maximum atomic E-state index is 3.85. The molecule has 0 N–H and O–H groups in total. The fraction of sp³-hybridized carbons (Fsp3) is 0.0137. The lowest BCUT2D eigenvalue weighted by Crippen LogP contribution is -1.98. The average Bonchev–Trinajstić information content (AvgIpc) is 4.04. The minimum atomic E-state index is 1.14. The van der Waals surface area contributed by atoms with Gasteiger partial charge in [0.15, 0.2) is 0 Å². The van der Waals surface area contributed by atoms with Gasteiger partial charge in [-0.3, -0.25) is 0 Å². The fourth-order valence-electron chi connectivity index (χ4n) is 11.3. The first-order valence-electron chi connectivity index (χ1n) is 25.8. The third-order valence-electron chi connectivity index (χ3n) is 14.9. The van der Waals surface area contributed by atoms with Crippen LogP contribution in [0.2, 0.25) is 0 Å². The van der Waals surface area contributed by atoms with Crippen LogP contribution in [0.4, 0.5) is 0 Å². The van der Waals surface area contributed by atoms with Crippen LogP contribution in [0.15, 0.2) is 292 Å². The van der Waals surface area contributed by atoms with Gasteiger partial charge in [-0.25, -0.2) is 0 Å². The Labute approximate surface area is 438 Å². The lowest BCUT2D eigenvalue weighted by Gasteiger charge is -2.17. The topological polar surface area (TPSA) is 9.86 Å². The minimum absolute atomic E-state index is 1.14. The maximum absolute atomic E-state index is 3.85. The summed E-state index contributed by atoms with van der Waals surface area (Å²) in [5.74, 6) is 0. The Bertz CT molecular complexity index is 4370. The van der Waals surface area contributed by atoms with Crippen molar-refractivity contribution in [3.8, 4) is 78.1 Å². The van der Waals surface area contributed by atoms with Crippen molar-refractivity contribution >= 4 is 49.2 Å². The van der Waals surface area contributed by atoms with Crippen LogP contribution >= 0.6 is 0 Å². The summed E-state index contributed by atoms with van der Waals surface area (Å²) in [6, 6.07) is 95.5. The molecular formula is C73H52N2. The van der Waals surface area contributed by atoms with Crippen LogP contribution in [0, 0.1) is 0 Å². The molecule has 354 valence electrons. The molecule has 0 amide bonds. The van der Waals surface area contributed by atoms with E-state index in [0.717, 1.165) is 11.4 Å². The van der Waals surface area contributed by atoms with Crippen LogP contribution in [0.5, 0.6) is 0 Å². The van der Waals surface area contributed by atoms with Crippen LogP contribution in [0.25, 0.3) is 127 Å². The molecule has 2 aromatic heterocycles. The normalized spacial score (nSPS) is 11.9. The minimum Gasteiger partial charge on any atom is -0.309 e. The second kappa shape index (κ2) is 19.3. The zero-order valence-corrected chi connectivity index (χ0v) is 41.7. The number of hydrogen-bond donors (Lipinski definition) is 0. The highest BCUT2D eigenvalue weighted by Gasteiger charge is 2.20. The zero-order valence-electron chi connectivity index (χ0n) is 41.7. The number of benzene rings is 11. The molecule has 0 aliphatic carbocycles. The van der Waals surface area contributed by atoms with E-state index in [9.17, 15) is 0 Å². The van der Waals surface area contributed by atoms with E-state index in [0.29, 0.717) is 0 Å². The Morgan fingerprint density at radius 3 is 1.33 bits per heavy atom. The lowest BCUT2D eigenvalue weighted by molar-refractivity contribution is 1.17. The number of aromatic nitrogens is 2. The van der Waals surface area contributed by atoms with E-state index in [1.54, 1.807) is 0 Å².